The van der Waals surface area contributed by atoms with Gasteiger partial charge in [0.15, 0.2) is 0 Å². The van der Waals surface area contributed by atoms with E-state index < -0.39 is 5.60 Å². The fourth-order valence-corrected chi connectivity index (χ4v) is 2.49. The van der Waals surface area contributed by atoms with Crippen molar-refractivity contribution in [2.75, 3.05) is 37.6 Å². The molecule has 1 fully saturated rings. The first-order valence-electron chi connectivity index (χ1n) is 7.99. The molecule has 2 rings (SSSR count). The molecule has 0 aliphatic carbocycles. The molecule has 0 spiro atoms. The second-order valence-electron chi connectivity index (χ2n) is 6.74. The lowest BCUT2D eigenvalue weighted by molar-refractivity contribution is 0.0240. The molecule has 0 atom stereocenters. The zero-order valence-corrected chi connectivity index (χ0v) is 14.4. The summed E-state index contributed by atoms with van der Waals surface area (Å²) in [5.41, 5.74) is 1.09. The summed E-state index contributed by atoms with van der Waals surface area (Å²) in [6.45, 7) is 14.8. The number of carbonyl (C=O) groups is 2. The molecular formula is C18H23N3O3. The number of Topliss-reactive ketones (excluding diaryl/α,β-unsaturated/α-hetero) is 1. The van der Waals surface area contributed by atoms with Gasteiger partial charge in [0, 0.05) is 37.4 Å². The minimum Gasteiger partial charge on any atom is -0.444 e. The third kappa shape index (κ3) is 4.72. The lowest BCUT2D eigenvalue weighted by atomic mass is 10.1. The van der Waals surface area contributed by atoms with E-state index in [-0.39, 0.29) is 18.4 Å². The topological polar surface area (TPSA) is 54.2 Å². The zero-order chi connectivity index (χ0) is 17.7. The molecular weight excluding hydrogens is 306 g/mol. The van der Waals surface area contributed by atoms with E-state index in [1.165, 1.54) is 0 Å². The van der Waals surface area contributed by atoms with Crippen LogP contribution in [0, 0.1) is 6.57 Å². The minimum atomic E-state index is -0.484. The molecule has 1 saturated heterocycles. The number of rotatable bonds is 3. The number of anilines is 1. The van der Waals surface area contributed by atoms with Gasteiger partial charge in [-0.15, -0.1) is 0 Å². The predicted octanol–water partition coefficient (Wildman–Crippen LogP) is 2.85. The van der Waals surface area contributed by atoms with Gasteiger partial charge in [-0.3, -0.25) is 4.79 Å². The number of benzene rings is 1. The van der Waals surface area contributed by atoms with Crippen molar-refractivity contribution in [3.63, 3.8) is 0 Å². The molecule has 1 aliphatic heterocycles. The summed E-state index contributed by atoms with van der Waals surface area (Å²) in [6, 6.07) is 7.28. The Labute approximate surface area is 142 Å². The van der Waals surface area contributed by atoms with Crippen molar-refractivity contribution in [2.24, 2.45) is 0 Å². The average Bonchev–Trinajstić information content (AvgIpc) is 2.54. The molecule has 0 N–H and O–H groups in total. The molecule has 1 amide bonds. The molecule has 0 saturated carbocycles. The van der Waals surface area contributed by atoms with E-state index in [4.69, 9.17) is 11.3 Å². The standard InChI is InChI=1S/C18H23N3O3/c1-18(2,3)24-17(23)21-11-9-20(10-12-21)15-7-5-14(6-8-15)16(22)13-19-4/h5-8H,9-13H2,1-3H3. The Morgan fingerprint density at radius 1 is 1.12 bits per heavy atom. The van der Waals surface area contributed by atoms with Gasteiger partial charge < -0.3 is 19.4 Å². The molecule has 0 radical (unpaired) electrons. The first-order valence-corrected chi connectivity index (χ1v) is 7.99. The highest BCUT2D eigenvalue weighted by Crippen LogP contribution is 2.19. The number of ketones is 1. The van der Waals surface area contributed by atoms with Crippen molar-refractivity contribution in [3.8, 4) is 0 Å². The average molecular weight is 329 g/mol. The third-order valence-electron chi connectivity index (χ3n) is 3.71. The summed E-state index contributed by atoms with van der Waals surface area (Å²) in [6.07, 6.45) is -0.276. The van der Waals surface area contributed by atoms with Crippen molar-refractivity contribution in [1.82, 2.24) is 4.90 Å². The highest BCUT2D eigenvalue weighted by Gasteiger charge is 2.26. The molecule has 0 aromatic heterocycles. The Morgan fingerprint density at radius 2 is 1.71 bits per heavy atom. The maximum Gasteiger partial charge on any atom is 0.410 e. The van der Waals surface area contributed by atoms with Crippen LogP contribution in [-0.2, 0) is 4.74 Å². The molecule has 0 unspecified atom stereocenters. The molecule has 1 aliphatic rings. The molecule has 1 aromatic carbocycles. The minimum absolute atomic E-state index is 0.117. The maximum absolute atomic E-state index is 12.1. The first-order chi connectivity index (χ1) is 11.3. The van der Waals surface area contributed by atoms with Crippen LogP contribution < -0.4 is 4.90 Å². The molecule has 1 aromatic rings. The van der Waals surface area contributed by atoms with Gasteiger partial charge >= 0.3 is 6.09 Å². The van der Waals surface area contributed by atoms with Crippen molar-refractivity contribution >= 4 is 17.6 Å². The van der Waals surface area contributed by atoms with E-state index in [9.17, 15) is 9.59 Å². The van der Waals surface area contributed by atoms with Gasteiger partial charge in [0.25, 0.3) is 6.54 Å². The Hall–Kier alpha value is -2.55. The van der Waals surface area contributed by atoms with Crippen LogP contribution in [0.5, 0.6) is 0 Å². The van der Waals surface area contributed by atoms with E-state index in [2.05, 4.69) is 9.74 Å². The molecule has 1 heterocycles. The van der Waals surface area contributed by atoms with Crippen molar-refractivity contribution < 1.29 is 14.3 Å². The maximum atomic E-state index is 12.1. The number of ether oxygens (including phenoxy) is 1. The second kappa shape index (κ2) is 7.35. The summed E-state index contributed by atoms with van der Waals surface area (Å²) in [5, 5.41) is 0. The number of hydrogen-bond acceptors (Lipinski definition) is 4. The van der Waals surface area contributed by atoms with Crippen LogP contribution in [0.2, 0.25) is 0 Å². The third-order valence-corrected chi connectivity index (χ3v) is 3.71. The monoisotopic (exact) mass is 329 g/mol. The highest BCUT2D eigenvalue weighted by molar-refractivity contribution is 5.98. The number of piperazine rings is 1. The lowest BCUT2D eigenvalue weighted by Gasteiger charge is -2.36. The van der Waals surface area contributed by atoms with Crippen molar-refractivity contribution in [2.45, 2.75) is 26.4 Å². The van der Waals surface area contributed by atoms with Gasteiger partial charge in [-0.25, -0.2) is 11.4 Å². The van der Waals surface area contributed by atoms with Gasteiger partial charge in [-0.2, -0.15) is 0 Å². The Kier molecular flexibility index (Phi) is 5.45. The molecule has 6 nitrogen and oxygen atoms in total. The molecule has 6 heteroatoms. The van der Waals surface area contributed by atoms with Crippen LogP contribution in [0.15, 0.2) is 24.3 Å². The molecule has 24 heavy (non-hydrogen) atoms. The Morgan fingerprint density at radius 3 is 2.21 bits per heavy atom. The van der Waals surface area contributed by atoms with Crippen LogP contribution in [0.25, 0.3) is 4.85 Å². The van der Waals surface area contributed by atoms with E-state index in [1.54, 1.807) is 17.0 Å². The molecule has 0 bridgehead atoms. The molecule has 128 valence electrons. The van der Waals surface area contributed by atoms with Gasteiger partial charge in [0.1, 0.15) is 5.60 Å². The summed E-state index contributed by atoms with van der Waals surface area (Å²) in [7, 11) is 0. The van der Waals surface area contributed by atoms with E-state index in [0.29, 0.717) is 31.7 Å². The highest BCUT2D eigenvalue weighted by atomic mass is 16.6. The predicted molar refractivity (Wildman–Crippen MR) is 92.3 cm³/mol. The van der Waals surface area contributed by atoms with E-state index in [0.717, 1.165) is 5.69 Å². The SMILES string of the molecule is [C-]#[N+]CC(=O)c1ccc(N2CCN(C(=O)OC(C)(C)C)CC2)cc1. The number of hydrogen-bond donors (Lipinski definition) is 0. The van der Waals surface area contributed by atoms with Gasteiger partial charge in [0.2, 0.25) is 5.78 Å². The van der Waals surface area contributed by atoms with Gasteiger partial charge in [-0.1, -0.05) is 0 Å². The van der Waals surface area contributed by atoms with Crippen LogP contribution in [0.1, 0.15) is 31.1 Å². The summed E-state index contributed by atoms with van der Waals surface area (Å²) < 4.78 is 5.39. The Balaban J connectivity index is 1.92. The number of carbonyl (C=O) groups excluding carboxylic acids is 2. The van der Waals surface area contributed by atoms with Crippen LogP contribution in [0.3, 0.4) is 0 Å². The normalized spacial score (nSPS) is 14.9. The van der Waals surface area contributed by atoms with Crippen molar-refractivity contribution in [3.05, 3.63) is 41.2 Å². The van der Waals surface area contributed by atoms with E-state index in [1.807, 2.05) is 32.9 Å². The quantitative estimate of drug-likeness (QED) is 0.632. The fourth-order valence-electron chi connectivity index (χ4n) is 2.49. The fraction of sp³-hybridized carbons (Fsp3) is 0.500. The van der Waals surface area contributed by atoms with Crippen LogP contribution in [0.4, 0.5) is 10.5 Å². The second-order valence-corrected chi connectivity index (χ2v) is 6.74. The Bertz CT molecular complexity index is 633. The zero-order valence-electron chi connectivity index (χ0n) is 14.4. The van der Waals surface area contributed by atoms with Gasteiger partial charge in [0.05, 0.1) is 0 Å². The summed E-state index contributed by atoms with van der Waals surface area (Å²) >= 11 is 0. The van der Waals surface area contributed by atoms with Crippen LogP contribution in [-0.4, -0.2) is 55.1 Å². The van der Waals surface area contributed by atoms with Crippen LogP contribution >= 0.6 is 0 Å². The van der Waals surface area contributed by atoms with Gasteiger partial charge in [-0.05, 0) is 45.0 Å². The number of nitrogens with zero attached hydrogens (tertiary/aromatic N) is 3. The summed E-state index contributed by atoms with van der Waals surface area (Å²) in [4.78, 5) is 30.7. The first kappa shape index (κ1) is 17.8. The van der Waals surface area contributed by atoms with E-state index >= 15 is 0 Å². The smallest absolute Gasteiger partial charge is 0.410 e. The lowest BCUT2D eigenvalue weighted by Crippen LogP contribution is -2.50. The van der Waals surface area contributed by atoms with Crippen molar-refractivity contribution in [1.29, 1.82) is 0 Å². The number of amides is 1. The largest absolute Gasteiger partial charge is 0.444 e. The summed E-state index contributed by atoms with van der Waals surface area (Å²) in [5.74, 6) is -0.161.